The molecule has 1 unspecified atom stereocenters. The van der Waals surface area contributed by atoms with Crippen molar-refractivity contribution in [3.05, 3.63) is 108 Å². The molecule has 0 aromatic heterocycles. The first-order valence-electron chi connectivity index (χ1n) is 10.6. The number of amides is 1. The van der Waals surface area contributed by atoms with Crippen molar-refractivity contribution in [3.63, 3.8) is 0 Å². The van der Waals surface area contributed by atoms with Gasteiger partial charge in [0, 0.05) is 0 Å². The van der Waals surface area contributed by atoms with E-state index in [0.717, 1.165) is 16.7 Å². The van der Waals surface area contributed by atoms with Crippen molar-refractivity contribution >= 4 is 12.1 Å². The predicted octanol–water partition coefficient (Wildman–Crippen LogP) is 4.17. The molecule has 7 heteroatoms. The summed E-state index contributed by atoms with van der Waals surface area (Å²) in [5.74, 6) is -1.18. The maximum absolute atomic E-state index is 12.2. The minimum Gasteiger partial charge on any atom is -0.479 e. The van der Waals surface area contributed by atoms with Crippen LogP contribution in [-0.2, 0) is 38.8 Å². The molecule has 0 fully saturated rings. The van der Waals surface area contributed by atoms with Crippen LogP contribution in [0.25, 0.3) is 0 Å². The van der Waals surface area contributed by atoms with E-state index < -0.39 is 24.3 Å². The largest absolute Gasteiger partial charge is 0.479 e. The minimum absolute atomic E-state index is 0.0911. The molecule has 0 aliphatic carbocycles. The number of rotatable bonds is 12. The minimum atomic E-state index is -1.29. The fourth-order valence-corrected chi connectivity index (χ4v) is 3.09. The van der Waals surface area contributed by atoms with Crippen molar-refractivity contribution in [3.8, 4) is 0 Å². The lowest BCUT2D eigenvalue weighted by atomic mass is 10.1. The maximum atomic E-state index is 12.2. The van der Waals surface area contributed by atoms with Crippen LogP contribution in [0.15, 0.2) is 91.0 Å². The standard InChI is InChI=1S/C26H27NO6/c28-25(29)24(32-18-21-12-6-2-7-13-21)23(31-17-20-10-4-1-5-11-20)16-27-26(30)33-19-22-14-8-3-9-15-22/h1-15,23-24H,16-19H2,(H,27,30)(H,28,29)/t23?,24-/m0/s1. The van der Waals surface area contributed by atoms with Crippen molar-refractivity contribution in [2.45, 2.75) is 32.0 Å². The Labute approximate surface area is 192 Å². The smallest absolute Gasteiger partial charge is 0.407 e. The quantitative estimate of drug-likeness (QED) is 0.431. The highest BCUT2D eigenvalue weighted by Crippen LogP contribution is 2.12. The van der Waals surface area contributed by atoms with E-state index in [2.05, 4.69) is 5.32 Å². The summed E-state index contributed by atoms with van der Waals surface area (Å²) in [7, 11) is 0. The average molecular weight is 450 g/mol. The first-order chi connectivity index (χ1) is 16.1. The molecule has 0 aliphatic rings. The van der Waals surface area contributed by atoms with Crippen molar-refractivity contribution in [2.75, 3.05) is 6.54 Å². The highest BCUT2D eigenvalue weighted by Gasteiger charge is 2.31. The Morgan fingerprint density at radius 2 is 1.15 bits per heavy atom. The zero-order valence-corrected chi connectivity index (χ0v) is 18.1. The maximum Gasteiger partial charge on any atom is 0.407 e. The van der Waals surface area contributed by atoms with E-state index in [1.165, 1.54) is 0 Å². The Hall–Kier alpha value is -3.68. The molecule has 7 nitrogen and oxygen atoms in total. The second kappa shape index (κ2) is 13.0. The highest BCUT2D eigenvalue weighted by atomic mass is 16.6. The Balaban J connectivity index is 1.61. The van der Waals surface area contributed by atoms with Gasteiger partial charge in [0.2, 0.25) is 0 Å². The summed E-state index contributed by atoms with van der Waals surface area (Å²) in [6, 6.07) is 27.9. The molecule has 0 bridgehead atoms. The molecule has 0 heterocycles. The van der Waals surface area contributed by atoms with Gasteiger partial charge in [-0.15, -0.1) is 0 Å². The first kappa shape index (κ1) is 24.0. The molecule has 0 aliphatic heterocycles. The fourth-order valence-electron chi connectivity index (χ4n) is 3.09. The molecule has 0 saturated heterocycles. The van der Waals surface area contributed by atoms with Gasteiger partial charge in [-0.05, 0) is 16.7 Å². The molecule has 2 atom stereocenters. The van der Waals surface area contributed by atoms with Gasteiger partial charge in [0.15, 0.2) is 6.10 Å². The monoisotopic (exact) mass is 449 g/mol. The number of aliphatic carboxylic acids is 1. The van der Waals surface area contributed by atoms with Crippen LogP contribution in [0.1, 0.15) is 16.7 Å². The summed E-state index contributed by atoms with van der Waals surface area (Å²) in [5, 5.41) is 12.4. The number of hydrogen-bond acceptors (Lipinski definition) is 5. The molecular formula is C26H27NO6. The van der Waals surface area contributed by atoms with E-state index in [0.29, 0.717) is 0 Å². The molecule has 33 heavy (non-hydrogen) atoms. The van der Waals surface area contributed by atoms with Crippen LogP contribution in [0.3, 0.4) is 0 Å². The number of benzene rings is 3. The van der Waals surface area contributed by atoms with Gasteiger partial charge < -0.3 is 24.6 Å². The zero-order chi connectivity index (χ0) is 23.3. The Kier molecular flexibility index (Phi) is 9.45. The van der Waals surface area contributed by atoms with Crippen molar-refractivity contribution in [1.29, 1.82) is 0 Å². The van der Waals surface area contributed by atoms with Gasteiger partial charge in [-0.1, -0.05) is 91.0 Å². The second-order valence-corrected chi connectivity index (χ2v) is 7.33. The van der Waals surface area contributed by atoms with Gasteiger partial charge in [-0.3, -0.25) is 0 Å². The summed E-state index contributed by atoms with van der Waals surface area (Å²) >= 11 is 0. The third kappa shape index (κ3) is 8.40. The van der Waals surface area contributed by atoms with Crippen molar-refractivity contribution in [2.24, 2.45) is 0 Å². The summed E-state index contributed by atoms with van der Waals surface area (Å²) in [6.07, 6.45) is -2.89. The Bertz CT molecular complexity index is 981. The van der Waals surface area contributed by atoms with Crippen LogP contribution in [0.2, 0.25) is 0 Å². The second-order valence-electron chi connectivity index (χ2n) is 7.33. The van der Waals surface area contributed by atoms with Gasteiger partial charge in [0.05, 0.1) is 19.8 Å². The van der Waals surface area contributed by atoms with E-state index >= 15 is 0 Å². The summed E-state index contributed by atoms with van der Waals surface area (Å²) in [6.45, 7) is 0.285. The van der Waals surface area contributed by atoms with Gasteiger partial charge in [-0.25, -0.2) is 9.59 Å². The average Bonchev–Trinajstić information content (AvgIpc) is 2.85. The van der Waals surface area contributed by atoms with Crippen molar-refractivity contribution < 1.29 is 28.9 Å². The molecule has 3 aromatic carbocycles. The lowest BCUT2D eigenvalue weighted by Crippen LogP contribution is -2.46. The third-order valence-corrected chi connectivity index (χ3v) is 4.82. The molecule has 3 rings (SSSR count). The zero-order valence-electron chi connectivity index (χ0n) is 18.1. The van der Waals surface area contributed by atoms with Crippen LogP contribution in [0, 0.1) is 0 Å². The number of carboxylic acids is 1. The Morgan fingerprint density at radius 1 is 0.697 bits per heavy atom. The molecule has 2 N–H and O–H groups in total. The van der Waals surface area contributed by atoms with Crippen molar-refractivity contribution in [1.82, 2.24) is 5.32 Å². The number of carbonyl (C=O) groups is 2. The summed E-state index contributed by atoms with van der Waals surface area (Å²) in [4.78, 5) is 24.2. The summed E-state index contributed by atoms with van der Waals surface area (Å²) < 4.78 is 16.8. The molecule has 0 spiro atoms. The molecule has 172 valence electrons. The number of ether oxygens (including phenoxy) is 3. The molecule has 0 saturated carbocycles. The number of nitrogens with one attached hydrogen (secondary N) is 1. The van der Waals surface area contributed by atoms with E-state index in [1.54, 1.807) is 0 Å². The van der Waals surface area contributed by atoms with Crippen LogP contribution in [0.5, 0.6) is 0 Å². The van der Waals surface area contributed by atoms with Gasteiger partial charge in [0.1, 0.15) is 12.7 Å². The Morgan fingerprint density at radius 3 is 1.64 bits per heavy atom. The van der Waals surface area contributed by atoms with Crippen LogP contribution < -0.4 is 5.32 Å². The van der Waals surface area contributed by atoms with E-state index in [4.69, 9.17) is 14.2 Å². The van der Waals surface area contributed by atoms with Crippen LogP contribution >= 0.6 is 0 Å². The lowest BCUT2D eigenvalue weighted by Gasteiger charge is -2.25. The van der Waals surface area contributed by atoms with Crippen LogP contribution in [-0.4, -0.2) is 35.9 Å². The van der Waals surface area contributed by atoms with E-state index in [9.17, 15) is 14.7 Å². The number of hydrogen-bond donors (Lipinski definition) is 2. The predicted molar refractivity (Wildman–Crippen MR) is 122 cm³/mol. The number of alkyl carbamates (subject to hydrolysis) is 1. The normalized spacial score (nSPS) is 12.5. The highest BCUT2D eigenvalue weighted by molar-refractivity contribution is 5.73. The third-order valence-electron chi connectivity index (χ3n) is 4.82. The first-order valence-corrected chi connectivity index (χ1v) is 10.6. The van der Waals surface area contributed by atoms with E-state index in [1.807, 2.05) is 91.0 Å². The van der Waals surface area contributed by atoms with E-state index in [-0.39, 0.29) is 26.4 Å². The lowest BCUT2D eigenvalue weighted by molar-refractivity contribution is -0.164. The SMILES string of the molecule is O=C(NCC(OCc1ccccc1)[C@H](OCc1ccccc1)C(=O)O)OCc1ccccc1. The summed E-state index contributed by atoms with van der Waals surface area (Å²) in [5.41, 5.74) is 2.56. The van der Waals surface area contributed by atoms with Gasteiger partial charge in [-0.2, -0.15) is 0 Å². The number of carboxylic acid groups (broad SMARTS) is 1. The van der Waals surface area contributed by atoms with Gasteiger partial charge in [0.25, 0.3) is 0 Å². The molecule has 1 amide bonds. The molecular weight excluding hydrogens is 422 g/mol. The molecule has 0 radical (unpaired) electrons. The number of carbonyl (C=O) groups excluding carboxylic acids is 1. The van der Waals surface area contributed by atoms with Gasteiger partial charge >= 0.3 is 12.1 Å². The molecule has 3 aromatic rings. The fraction of sp³-hybridized carbons (Fsp3) is 0.231. The topological polar surface area (TPSA) is 94.1 Å². The van der Waals surface area contributed by atoms with Crippen LogP contribution in [0.4, 0.5) is 4.79 Å².